The third kappa shape index (κ3) is 28.0. The lowest BCUT2D eigenvalue weighted by Gasteiger charge is -2.23. The first-order chi connectivity index (χ1) is 20.2. The van der Waals surface area contributed by atoms with E-state index in [0.29, 0.717) is 55.0 Å². The average molecular weight is 762 g/mol. The van der Waals surface area contributed by atoms with Crippen LogP contribution in [0.3, 0.4) is 0 Å². The first-order valence-corrected chi connectivity index (χ1v) is 17.8. The monoisotopic (exact) mass is 761 g/mol. The van der Waals surface area contributed by atoms with Gasteiger partial charge in [-0.3, -0.25) is 24.0 Å². The fourth-order valence-corrected chi connectivity index (χ4v) is 4.69. The van der Waals surface area contributed by atoms with Crippen molar-refractivity contribution in [3.8, 4) is 0 Å². The van der Waals surface area contributed by atoms with Crippen LogP contribution in [0.2, 0.25) is 0 Å². The molecule has 43 heavy (non-hydrogen) atoms. The molecule has 250 valence electrons. The molecule has 4 N–H and O–H groups in total. The first-order valence-electron chi connectivity index (χ1n) is 14.7. The first kappa shape index (κ1) is 41.7. The molecular weight excluding hydrogens is 709 g/mol. The van der Waals surface area contributed by atoms with Crippen molar-refractivity contribution in [2.75, 3.05) is 70.7 Å². The molecule has 0 aromatic heterocycles. The highest BCUT2D eigenvalue weighted by molar-refractivity contribution is 14.1. The van der Waals surface area contributed by atoms with Gasteiger partial charge in [-0.15, -0.1) is 23.5 Å². The summed E-state index contributed by atoms with van der Waals surface area (Å²) in [5, 5.41) is 11.9. The summed E-state index contributed by atoms with van der Waals surface area (Å²) in [4.78, 5) is 62.5. The Morgan fingerprint density at radius 3 is 1.65 bits per heavy atom. The summed E-state index contributed by atoms with van der Waals surface area (Å²) < 4.78 is 10.5. The highest BCUT2D eigenvalue weighted by Gasteiger charge is 2.17. The minimum atomic E-state index is -0.300. The van der Waals surface area contributed by atoms with Crippen LogP contribution in [0.15, 0.2) is 0 Å². The Bertz CT molecular complexity index is 815. The topological polar surface area (TPSA) is 155 Å². The van der Waals surface area contributed by atoms with Gasteiger partial charge in [-0.1, -0.05) is 50.3 Å². The van der Waals surface area contributed by atoms with E-state index in [-0.39, 0.29) is 78.5 Å². The van der Waals surface area contributed by atoms with Gasteiger partial charge in [0.25, 0.3) is 0 Å². The molecule has 0 spiro atoms. The molecule has 0 radical (unpaired) electrons. The van der Waals surface area contributed by atoms with Gasteiger partial charge < -0.3 is 35.6 Å². The van der Waals surface area contributed by atoms with Crippen molar-refractivity contribution in [1.29, 1.82) is 0 Å². The molecule has 0 rings (SSSR count). The number of hydrogen-bond acceptors (Lipinski definition) is 9. The number of rotatable bonds is 25. The molecule has 0 saturated carbocycles. The van der Waals surface area contributed by atoms with Gasteiger partial charge >= 0.3 is 0 Å². The molecule has 0 aliphatic rings. The zero-order valence-electron chi connectivity index (χ0n) is 26.6. The molecule has 5 amide bonds. The molecular formula is C28H52IN5O7S2. The van der Waals surface area contributed by atoms with Crippen molar-refractivity contribution >= 4 is 75.7 Å². The van der Waals surface area contributed by atoms with Crippen LogP contribution in [0.4, 0.5) is 0 Å². The highest BCUT2D eigenvalue weighted by atomic mass is 127. The summed E-state index contributed by atoms with van der Waals surface area (Å²) >= 11 is 5.23. The van der Waals surface area contributed by atoms with Gasteiger partial charge in [0.1, 0.15) is 0 Å². The number of amides is 5. The maximum absolute atomic E-state index is 12.9. The lowest BCUT2D eigenvalue weighted by molar-refractivity contribution is -0.134. The van der Waals surface area contributed by atoms with Gasteiger partial charge in [0.2, 0.25) is 29.5 Å². The molecule has 0 aromatic carbocycles. The molecule has 0 saturated heterocycles. The molecule has 0 fully saturated rings. The lowest BCUT2D eigenvalue weighted by Crippen LogP contribution is -2.43. The number of ether oxygens (including phenoxy) is 2. The Hall–Kier alpha value is -1.30. The van der Waals surface area contributed by atoms with E-state index in [1.807, 2.05) is 41.5 Å². The van der Waals surface area contributed by atoms with E-state index < -0.39 is 0 Å². The number of carbonyl (C=O) groups excluding carboxylic acids is 5. The van der Waals surface area contributed by atoms with E-state index in [9.17, 15) is 24.0 Å². The van der Waals surface area contributed by atoms with E-state index >= 15 is 0 Å². The second kappa shape index (κ2) is 25.0. The number of thioether (sulfide) groups is 2. The fraction of sp³-hybridized carbons (Fsp3) is 0.821. The third-order valence-corrected chi connectivity index (χ3v) is 7.73. The van der Waals surface area contributed by atoms with Gasteiger partial charge in [0.15, 0.2) is 0 Å². The summed E-state index contributed by atoms with van der Waals surface area (Å²) in [5.41, 5.74) is 0. The zero-order valence-corrected chi connectivity index (χ0v) is 30.3. The second-order valence-corrected chi connectivity index (χ2v) is 16.5. The highest BCUT2D eigenvalue weighted by Crippen LogP contribution is 2.11. The molecule has 0 atom stereocenters. The van der Waals surface area contributed by atoms with Crippen LogP contribution in [0, 0.1) is 0 Å². The van der Waals surface area contributed by atoms with Crippen molar-refractivity contribution in [2.24, 2.45) is 0 Å². The quantitative estimate of drug-likeness (QED) is 0.0473. The van der Waals surface area contributed by atoms with Gasteiger partial charge in [-0.05, 0) is 24.3 Å². The Balaban J connectivity index is 4.34. The number of alkyl halides is 1. The molecule has 0 bridgehead atoms. The van der Waals surface area contributed by atoms with Crippen LogP contribution in [-0.2, 0) is 33.4 Å². The minimum Gasteiger partial charge on any atom is -0.379 e. The number of hydrogen-bond donors (Lipinski definition) is 4. The Labute approximate surface area is 279 Å². The van der Waals surface area contributed by atoms with Crippen molar-refractivity contribution in [2.45, 2.75) is 74.9 Å². The van der Waals surface area contributed by atoms with E-state index in [4.69, 9.17) is 9.47 Å². The van der Waals surface area contributed by atoms with Crippen molar-refractivity contribution in [3.05, 3.63) is 0 Å². The SMILES string of the molecule is CC(C)SCC(=O)NCCN(CCNC(=O)CSC(C)C)C(=O)CCC(=O)NCCOCCOCCC(=O)NC(C)(C)I. The molecule has 0 aliphatic heterocycles. The zero-order chi connectivity index (χ0) is 32.7. The number of nitrogens with one attached hydrogen (secondary N) is 4. The van der Waals surface area contributed by atoms with Crippen LogP contribution in [0.25, 0.3) is 0 Å². The van der Waals surface area contributed by atoms with Gasteiger partial charge in [0, 0.05) is 52.0 Å². The van der Waals surface area contributed by atoms with Crippen LogP contribution in [-0.4, -0.2) is 119 Å². The normalized spacial score (nSPS) is 11.4. The van der Waals surface area contributed by atoms with Crippen molar-refractivity contribution in [3.63, 3.8) is 0 Å². The fourth-order valence-electron chi connectivity index (χ4n) is 3.22. The summed E-state index contributed by atoms with van der Waals surface area (Å²) in [6, 6.07) is 0. The van der Waals surface area contributed by atoms with Crippen molar-refractivity contribution in [1.82, 2.24) is 26.2 Å². The molecule has 0 aromatic rings. The van der Waals surface area contributed by atoms with E-state index in [0.717, 1.165) is 0 Å². The summed E-state index contributed by atoms with van der Waals surface area (Å²) in [6.07, 6.45) is 0.303. The lowest BCUT2D eigenvalue weighted by atomic mass is 10.2. The standard InChI is InChI=1S/C28H52IN5O7S2/c1-21(2)42-19-25(37)30-10-13-34(14-11-31-26(38)20-43-22(3)4)27(39)8-7-23(35)32-12-16-41-18-17-40-15-9-24(36)33-28(5,6)29/h21-22H,7-20H2,1-6H3,(H,30,37)(H,31,38)(H,32,35)(H,33,36). The van der Waals surface area contributed by atoms with Crippen LogP contribution < -0.4 is 21.3 Å². The summed E-state index contributed by atoms with van der Waals surface area (Å²) in [5.74, 6) is -0.0603. The average Bonchev–Trinajstić information content (AvgIpc) is 2.90. The maximum Gasteiger partial charge on any atom is 0.230 e. The Morgan fingerprint density at radius 1 is 0.674 bits per heavy atom. The summed E-state index contributed by atoms with van der Waals surface area (Å²) in [6.45, 7) is 14.6. The maximum atomic E-state index is 12.9. The largest absolute Gasteiger partial charge is 0.379 e. The van der Waals surface area contributed by atoms with Crippen LogP contribution in [0.5, 0.6) is 0 Å². The molecule has 12 nitrogen and oxygen atoms in total. The van der Waals surface area contributed by atoms with Gasteiger partial charge in [-0.2, -0.15) is 0 Å². The van der Waals surface area contributed by atoms with Gasteiger partial charge in [-0.25, -0.2) is 0 Å². The van der Waals surface area contributed by atoms with Crippen LogP contribution >= 0.6 is 46.1 Å². The molecule has 0 unspecified atom stereocenters. The predicted octanol–water partition coefficient (Wildman–Crippen LogP) is 1.94. The van der Waals surface area contributed by atoms with Gasteiger partial charge in [0.05, 0.1) is 41.5 Å². The molecule has 0 heterocycles. The molecule has 15 heteroatoms. The van der Waals surface area contributed by atoms with Crippen LogP contribution in [0.1, 0.15) is 60.8 Å². The summed E-state index contributed by atoms with van der Waals surface area (Å²) in [7, 11) is 0. The predicted molar refractivity (Wildman–Crippen MR) is 183 cm³/mol. The smallest absolute Gasteiger partial charge is 0.230 e. The third-order valence-electron chi connectivity index (χ3n) is 5.27. The van der Waals surface area contributed by atoms with E-state index in [1.165, 1.54) is 0 Å². The number of nitrogens with zero attached hydrogens (tertiary/aromatic N) is 1. The van der Waals surface area contributed by atoms with Crippen molar-refractivity contribution < 1.29 is 33.4 Å². The Morgan fingerprint density at radius 2 is 1.16 bits per heavy atom. The number of carbonyl (C=O) groups is 5. The Kier molecular flexibility index (Phi) is 24.2. The second-order valence-electron chi connectivity index (χ2n) is 10.6. The van der Waals surface area contributed by atoms with E-state index in [1.54, 1.807) is 28.4 Å². The minimum absolute atomic E-state index is 0.0111. The molecule has 0 aliphatic carbocycles. The van der Waals surface area contributed by atoms with E-state index in [2.05, 4.69) is 43.9 Å². The number of halogens is 1.